The van der Waals surface area contributed by atoms with Gasteiger partial charge in [0.1, 0.15) is 11.5 Å². The molecule has 112 valence electrons. The molecule has 0 aliphatic rings. The summed E-state index contributed by atoms with van der Waals surface area (Å²) in [5, 5.41) is 0. The van der Waals surface area contributed by atoms with Gasteiger partial charge in [-0.05, 0) is 73.2 Å². The Bertz CT molecular complexity index is 545. The van der Waals surface area contributed by atoms with E-state index in [9.17, 15) is 0 Å². The molecule has 0 N–H and O–H groups in total. The summed E-state index contributed by atoms with van der Waals surface area (Å²) in [6.07, 6.45) is 4.54. The quantitative estimate of drug-likeness (QED) is 0.631. The summed E-state index contributed by atoms with van der Waals surface area (Å²) in [5.41, 5.74) is 5.46. The maximum absolute atomic E-state index is 6.06. The Morgan fingerprint density at radius 3 is 1.52 bits per heavy atom. The van der Waals surface area contributed by atoms with Gasteiger partial charge in [0.25, 0.3) is 0 Å². The highest BCUT2D eigenvalue weighted by atomic mass is 16.5. The highest BCUT2D eigenvalue weighted by Gasteiger charge is 2.04. The minimum absolute atomic E-state index is 0.940. The van der Waals surface area contributed by atoms with E-state index < -0.39 is 0 Å². The molecule has 0 aliphatic carbocycles. The maximum atomic E-state index is 6.06. The van der Waals surface area contributed by atoms with E-state index in [2.05, 4.69) is 64.1 Å². The molecule has 1 heteroatoms. The fourth-order valence-electron chi connectivity index (χ4n) is 2.64. The molecule has 0 aliphatic heterocycles. The Hall–Kier alpha value is -1.76. The number of hydrogen-bond donors (Lipinski definition) is 0. The topological polar surface area (TPSA) is 9.23 Å². The minimum Gasteiger partial charge on any atom is -0.457 e. The molecule has 0 saturated heterocycles. The van der Waals surface area contributed by atoms with Crippen molar-refractivity contribution in [2.45, 2.75) is 53.4 Å². The van der Waals surface area contributed by atoms with Gasteiger partial charge in [-0.15, -0.1) is 0 Å². The minimum atomic E-state index is 0.940. The van der Waals surface area contributed by atoms with Gasteiger partial charge < -0.3 is 4.74 Å². The zero-order valence-electron chi connectivity index (χ0n) is 13.7. The van der Waals surface area contributed by atoms with E-state index in [1.165, 1.54) is 22.3 Å². The van der Waals surface area contributed by atoms with Crippen LogP contribution in [-0.2, 0) is 12.8 Å². The zero-order chi connectivity index (χ0) is 15.2. The van der Waals surface area contributed by atoms with Gasteiger partial charge in [0.2, 0.25) is 0 Å². The van der Waals surface area contributed by atoms with E-state index >= 15 is 0 Å². The molecule has 1 nitrogen and oxygen atoms in total. The molecular weight excluding hydrogens is 256 g/mol. The van der Waals surface area contributed by atoms with Crippen LogP contribution >= 0.6 is 0 Å². The van der Waals surface area contributed by atoms with Crippen LogP contribution in [0.25, 0.3) is 0 Å². The average Bonchev–Trinajstić information content (AvgIpc) is 2.47. The largest absolute Gasteiger partial charge is 0.457 e. The first-order chi connectivity index (χ1) is 10.1. The van der Waals surface area contributed by atoms with E-state index in [-0.39, 0.29) is 0 Å². The fourth-order valence-corrected chi connectivity index (χ4v) is 2.64. The monoisotopic (exact) mass is 282 g/mol. The van der Waals surface area contributed by atoms with Crippen LogP contribution in [0, 0.1) is 13.8 Å². The fraction of sp³-hybridized carbons (Fsp3) is 0.400. The number of rotatable bonds is 6. The third-order valence-electron chi connectivity index (χ3n) is 3.92. The van der Waals surface area contributed by atoms with Crippen molar-refractivity contribution in [1.29, 1.82) is 0 Å². The molecule has 0 fully saturated rings. The second-order valence-electron chi connectivity index (χ2n) is 5.78. The molecule has 0 unspecified atom stereocenters. The van der Waals surface area contributed by atoms with Gasteiger partial charge in [0.15, 0.2) is 0 Å². The van der Waals surface area contributed by atoms with Crippen LogP contribution in [0.4, 0.5) is 0 Å². The first-order valence-corrected chi connectivity index (χ1v) is 8.01. The Labute approximate surface area is 129 Å². The summed E-state index contributed by atoms with van der Waals surface area (Å²) in [6.45, 7) is 8.76. The lowest BCUT2D eigenvalue weighted by molar-refractivity contribution is 0.480. The van der Waals surface area contributed by atoms with Gasteiger partial charge in [-0.3, -0.25) is 0 Å². The smallest absolute Gasteiger partial charge is 0.127 e. The van der Waals surface area contributed by atoms with E-state index in [1.54, 1.807) is 0 Å². The Morgan fingerprint density at radius 2 is 1.14 bits per heavy atom. The molecule has 2 aromatic carbocycles. The average molecular weight is 282 g/mol. The first kappa shape index (κ1) is 15.6. The summed E-state index contributed by atoms with van der Waals surface area (Å²) >= 11 is 0. The second-order valence-corrected chi connectivity index (χ2v) is 5.78. The normalized spacial score (nSPS) is 10.7. The van der Waals surface area contributed by atoms with E-state index in [0.29, 0.717) is 0 Å². The molecule has 0 saturated carbocycles. The number of aryl methyl sites for hydroxylation is 4. The zero-order valence-corrected chi connectivity index (χ0v) is 13.7. The molecule has 0 aromatic heterocycles. The summed E-state index contributed by atoms with van der Waals surface area (Å²) in [7, 11) is 0. The molecule has 0 bridgehead atoms. The Kier molecular flexibility index (Phi) is 5.44. The molecule has 0 spiro atoms. The first-order valence-electron chi connectivity index (χ1n) is 8.01. The molecule has 0 radical (unpaired) electrons. The van der Waals surface area contributed by atoms with E-state index in [4.69, 9.17) is 4.74 Å². The molecule has 0 heterocycles. The van der Waals surface area contributed by atoms with Gasteiger partial charge >= 0.3 is 0 Å². The van der Waals surface area contributed by atoms with E-state index in [0.717, 1.165) is 37.2 Å². The molecule has 21 heavy (non-hydrogen) atoms. The van der Waals surface area contributed by atoms with Crippen molar-refractivity contribution in [3.8, 4) is 11.5 Å². The molecule has 0 amide bonds. The van der Waals surface area contributed by atoms with E-state index in [1.807, 2.05) is 0 Å². The van der Waals surface area contributed by atoms with Crippen molar-refractivity contribution in [2.24, 2.45) is 0 Å². The second kappa shape index (κ2) is 7.31. The molecule has 0 atom stereocenters. The lowest BCUT2D eigenvalue weighted by Crippen LogP contribution is -1.93. The third kappa shape index (κ3) is 4.10. The van der Waals surface area contributed by atoms with Crippen LogP contribution in [0.1, 0.15) is 48.9 Å². The summed E-state index contributed by atoms with van der Waals surface area (Å²) in [6, 6.07) is 12.8. The highest BCUT2D eigenvalue weighted by molar-refractivity contribution is 5.40. The Balaban J connectivity index is 2.21. The van der Waals surface area contributed by atoms with Crippen molar-refractivity contribution in [1.82, 2.24) is 0 Å². The van der Waals surface area contributed by atoms with Gasteiger partial charge in [0.05, 0.1) is 0 Å². The summed E-state index contributed by atoms with van der Waals surface area (Å²) in [4.78, 5) is 0. The number of benzene rings is 2. The molecular formula is C20H26O. The van der Waals surface area contributed by atoms with Gasteiger partial charge in [-0.2, -0.15) is 0 Å². The van der Waals surface area contributed by atoms with Crippen LogP contribution in [0.5, 0.6) is 11.5 Å². The van der Waals surface area contributed by atoms with Crippen molar-refractivity contribution in [3.63, 3.8) is 0 Å². The van der Waals surface area contributed by atoms with Crippen LogP contribution in [0.15, 0.2) is 36.4 Å². The van der Waals surface area contributed by atoms with Crippen LogP contribution in [0.3, 0.4) is 0 Å². The van der Waals surface area contributed by atoms with Gasteiger partial charge in [-0.25, -0.2) is 0 Å². The van der Waals surface area contributed by atoms with Crippen molar-refractivity contribution >= 4 is 0 Å². The van der Waals surface area contributed by atoms with Crippen molar-refractivity contribution in [3.05, 3.63) is 58.7 Å². The lowest BCUT2D eigenvalue weighted by atomic mass is 10.0. The third-order valence-corrected chi connectivity index (χ3v) is 3.92. The molecule has 2 aromatic rings. The van der Waals surface area contributed by atoms with Crippen molar-refractivity contribution in [2.75, 3.05) is 0 Å². The Morgan fingerprint density at radius 1 is 0.714 bits per heavy atom. The maximum Gasteiger partial charge on any atom is 0.127 e. The highest BCUT2D eigenvalue weighted by Crippen LogP contribution is 2.26. The van der Waals surface area contributed by atoms with Crippen LogP contribution in [0.2, 0.25) is 0 Å². The standard InChI is InChI=1S/C20H26O/c1-5-7-17-13-19(11-9-15(17)3)21-20-12-10-16(4)18(14-20)8-6-2/h9-14H,5-8H2,1-4H3. The van der Waals surface area contributed by atoms with Gasteiger partial charge in [-0.1, -0.05) is 38.8 Å². The SMILES string of the molecule is CCCc1cc(Oc2ccc(C)c(CCC)c2)ccc1C. The number of hydrogen-bond acceptors (Lipinski definition) is 1. The van der Waals surface area contributed by atoms with Gasteiger partial charge in [0, 0.05) is 0 Å². The van der Waals surface area contributed by atoms with Crippen LogP contribution in [-0.4, -0.2) is 0 Å². The molecule has 2 rings (SSSR count). The summed E-state index contributed by atoms with van der Waals surface area (Å²) < 4.78 is 6.06. The summed E-state index contributed by atoms with van der Waals surface area (Å²) in [5.74, 6) is 1.88. The number of ether oxygens (including phenoxy) is 1. The predicted octanol–water partition coefficient (Wildman–Crippen LogP) is 6.00. The predicted molar refractivity (Wildman–Crippen MR) is 90.4 cm³/mol. The van der Waals surface area contributed by atoms with Crippen molar-refractivity contribution < 1.29 is 4.74 Å². The van der Waals surface area contributed by atoms with Crippen LogP contribution < -0.4 is 4.74 Å². The lowest BCUT2D eigenvalue weighted by Gasteiger charge is -2.12.